The fourth-order valence-electron chi connectivity index (χ4n) is 3.68. The van der Waals surface area contributed by atoms with Gasteiger partial charge in [0.25, 0.3) is 10.0 Å². The Morgan fingerprint density at radius 2 is 1.38 bits per heavy atom. The maximum absolute atomic E-state index is 13.2. The van der Waals surface area contributed by atoms with Crippen molar-refractivity contribution in [1.82, 2.24) is 9.03 Å². The lowest BCUT2D eigenvalue weighted by molar-refractivity contribution is -0.126. The van der Waals surface area contributed by atoms with Gasteiger partial charge in [-0.2, -0.15) is 0 Å². The van der Waals surface area contributed by atoms with E-state index in [1.165, 1.54) is 31.2 Å². The minimum Gasteiger partial charge on any atom is -0.274 e. The van der Waals surface area contributed by atoms with Crippen molar-refractivity contribution in [2.24, 2.45) is 0 Å². The molecule has 1 N–H and O–H groups in total. The summed E-state index contributed by atoms with van der Waals surface area (Å²) in [6, 6.07) is 14.1. The number of amides is 1. The zero-order valence-corrected chi connectivity index (χ0v) is 17.7. The van der Waals surface area contributed by atoms with E-state index < -0.39 is 38.0 Å². The molecule has 1 fully saturated rings. The molecule has 0 aromatic heterocycles. The van der Waals surface area contributed by atoms with Crippen molar-refractivity contribution in [2.75, 3.05) is 0 Å². The van der Waals surface area contributed by atoms with Crippen LogP contribution in [0.4, 0.5) is 0 Å². The Kier molecular flexibility index (Phi) is 6.40. The molecule has 1 saturated carbocycles. The number of nitrogens with zero attached hydrogens (tertiary/aromatic N) is 1. The van der Waals surface area contributed by atoms with Crippen LogP contribution in [0, 0.1) is 0 Å². The first-order valence-electron chi connectivity index (χ1n) is 9.41. The second-order valence-corrected chi connectivity index (χ2v) is 10.6. The summed E-state index contributed by atoms with van der Waals surface area (Å²) in [7, 11) is -7.95. The molecule has 1 aliphatic carbocycles. The van der Waals surface area contributed by atoms with Crippen molar-refractivity contribution < 1.29 is 21.6 Å². The molecule has 7 nitrogen and oxygen atoms in total. The van der Waals surface area contributed by atoms with Crippen LogP contribution in [0.2, 0.25) is 0 Å². The Balaban J connectivity index is 1.96. The summed E-state index contributed by atoms with van der Waals surface area (Å²) < 4.78 is 55.4. The van der Waals surface area contributed by atoms with Crippen LogP contribution < -0.4 is 4.72 Å². The Labute approximate surface area is 171 Å². The number of carbonyl (C=O) groups is 1. The molecule has 1 amide bonds. The van der Waals surface area contributed by atoms with Gasteiger partial charge in [-0.15, -0.1) is 0 Å². The Morgan fingerprint density at radius 3 is 1.93 bits per heavy atom. The van der Waals surface area contributed by atoms with Gasteiger partial charge in [0.2, 0.25) is 15.9 Å². The van der Waals surface area contributed by atoms with Crippen molar-refractivity contribution >= 4 is 26.0 Å². The predicted octanol–water partition coefficient (Wildman–Crippen LogP) is 2.51. The molecule has 0 bridgehead atoms. The lowest BCUT2D eigenvalue weighted by atomic mass is 9.91. The van der Waals surface area contributed by atoms with E-state index in [0.717, 1.165) is 10.7 Å². The molecule has 1 aliphatic rings. The highest BCUT2D eigenvalue weighted by Crippen LogP contribution is 2.29. The SMILES string of the molecule is CC(=O)N(C1CCCCC1NS(=O)(=O)c1ccccc1)S(=O)(=O)c1ccccc1. The highest BCUT2D eigenvalue weighted by atomic mass is 32.2. The van der Waals surface area contributed by atoms with Gasteiger partial charge >= 0.3 is 0 Å². The molecule has 0 saturated heterocycles. The van der Waals surface area contributed by atoms with Gasteiger partial charge in [0.15, 0.2) is 0 Å². The molecule has 0 aliphatic heterocycles. The van der Waals surface area contributed by atoms with Gasteiger partial charge in [-0.05, 0) is 37.1 Å². The third kappa shape index (κ3) is 4.68. The Morgan fingerprint density at radius 1 is 0.862 bits per heavy atom. The molecule has 9 heteroatoms. The van der Waals surface area contributed by atoms with Crippen LogP contribution in [0.25, 0.3) is 0 Å². The van der Waals surface area contributed by atoms with Gasteiger partial charge in [0.1, 0.15) is 0 Å². The standard InChI is InChI=1S/C20H24N2O5S2/c1-16(23)22(29(26,27)18-12-6-3-7-13-18)20-15-9-8-14-19(20)21-28(24,25)17-10-4-2-5-11-17/h2-7,10-13,19-21H,8-9,14-15H2,1H3. The summed E-state index contributed by atoms with van der Waals surface area (Å²) >= 11 is 0. The van der Waals surface area contributed by atoms with Crippen LogP contribution in [0.3, 0.4) is 0 Å². The maximum Gasteiger partial charge on any atom is 0.266 e. The summed E-state index contributed by atoms with van der Waals surface area (Å²) in [5.41, 5.74) is 0. The monoisotopic (exact) mass is 436 g/mol. The van der Waals surface area contributed by atoms with Crippen LogP contribution in [0.1, 0.15) is 32.6 Å². The number of hydrogen-bond acceptors (Lipinski definition) is 5. The van der Waals surface area contributed by atoms with Crippen LogP contribution in [-0.4, -0.2) is 39.1 Å². The van der Waals surface area contributed by atoms with Gasteiger partial charge < -0.3 is 0 Å². The van der Waals surface area contributed by atoms with Crippen molar-refractivity contribution in [1.29, 1.82) is 0 Å². The van der Waals surface area contributed by atoms with Crippen molar-refractivity contribution in [3.8, 4) is 0 Å². The quantitative estimate of drug-likeness (QED) is 0.750. The molecule has 2 atom stereocenters. The number of sulfonamides is 2. The lowest BCUT2D eigenvalue weighted by Crippen LogP contribution is -2.56. The second kappa shape index (κ2) is 8.64. The molecule has 156 valence electrons. The van der Waals surface area contributed by atoms with Gasteiger partial charge in [-0.3, -0.25) is 4.79 Å². The zero-order valence-electron chi connectivity index (χ0n) is 16.1. The largest absolute Gasteiger partial charge is 0.274 e. The van der Waals surface area contributed by atoms with E-state index >= 15 is 0 Å². The first kappa shape index (κ1) is 21.5. The summed E-state index contributed by atoms with van der Waals surface area (Å²) in [5, 5.41) is 0. The highest BCUT2D eigenvalue weighted by molar-refractivity contribution is 7.90. The van der Waals surface area contributed by atoms with Gasteiger partial charge in [-0.25, -0.2) is 25.9 Å². The predicted molar refractivity (Wildman–Crippen MR) is 109 cm³/mol. The number of rotatable bonds is 6. The molecular formula is C20H24N2O5S2. The number of benzene rings is 2. The van der Waals surface area contributed by atoms with E-state index in [1.807, 2.05) is 0 Å². The van der Waals surface area contributed by atoms with Crippen molar-refractivity contribution in [2.45, 2.75) is 54.5 Å². The molecule has 0 spiro atoms. The Hall–Kier alpha value is -2.23. The highest BCUT2D eigenvalue weighted by Gasteiger charge is 2.40. The molecular weight excluding hydrogens is 412 g/mol. The third-order valence-electron chi connectivity index (χ3n) is 5.00. The average Bonchev–Trinajstić information content (AvgIpc) is 2.70. The molecule has 0 heterocycles. The number of carbonyl (C=O) groups excluding carboxylic acids is 1. The fraction of sp³-hybridized carbons (Fsp3) is 0.350. The Bertz CT molecular complexity index is 1050. The lowest BCUT2D eigenvalue weighted by Gasteiger charge is -2.38. The minimum atomic E-state index is -4.10. The fourth-order valence-corrected chi connectivity index (χ4v) is 6.68. The molecule has 2 aromatic carbocycles. The van der Waals surface area contributed by atoms with E-state index in [-0.39, 0.29) is 9.79 Å². The molecule has 3 rings (SSSR count). The van der Waals surface area contributed by atoms with Crippen LogP contribution in [-0.2, 0) is 24.8 Å². The van der Waals surface area contributed by atoms with E-state index in [2.05, 4.69) is 4.72 Å². The molecule has 2 unspecified atom stereocenters. The minimum absolute atomic E-state index is 0.00504. The summed E-state index contributed by atoms with van der Waals surface area (Å²) in [6.07, 6.45) is 2.30. The van der Waals surface area contributed by atoms with E-state index in [4.69, 9.17) is 0 Å². The van der Waals surface area contributed by atoms with E-state index in [1.54, 1.807) is 36.4 Å². The topological polar surface area (TPSA) is 101 Å². The smallest absolute Gasteiger partial charge is 0.266 e. The van der Waals surface area contributed by atoms with E-state index in [0.29, 0.717) is 19.3 Å². The van der Waals surface area contributed by atoms with Crippen LogP contribution in [0.15, 0.2) is 70.5 Å². The molecule has 0 radical (unpaired) electrons. The van der Waals surface area contributed by atoms with Crippen LogP contribution >= 0.6 is 0 Å². The number of hydrogen-bond donors (Lipinski definition) is 1. The first-order chi connectivity index (χ1) is 13.7. The summed E-state index contributed by atoms with van der Waals surface area (Å²) in [4.78, 5) is 12.5. The average molecular weight is 437 g/mol. The normalized spacial score (nSPS) is 20.2. The van der Waals surface area contributed by atoms with Gasteiger partial charge in [0.05, 0.1) is 15.8 Å². The maximum atomic E-state index is 13.2. The van der Waals surface area contributed by atoms with Crippen LogP contribution in [0.5, 0.6) is 0 Å². The zero-order chi connectivity index (χ0) is 21.1. The van der Waals surface area contributed by atoms with Crippen molar-refractivity contribution in [3.63, 3.8) is 0 Å². The van der Waals surface area contributed by atoms with Gasteiger partial charge in [-0.1, -0.05) is 49.2 Å². The first-order valence-corrected chi connectivity index (χ1v) is 12.3. The van der Waals surface area contributed by atoms with E-state index in [9.17, 15) is 21.6 Å². The molecule has 2 aromatic rings. The van der Waals surface area contributed by atoms with Crippen molar-refractivity contribution in [3.05, 3.63) is 60.7 Å². The summed E-state index contributed by atoms with van der Waals surface area (Å²) in [6.45, 7) is 1.19. The second-order valence-electron chi connectivity index (χ2n) is 7.03. The van der Waals surface area contributed by atoms with Gasteiger partial charge in [0, 0.05) is 13.0 Å². The number of nitrogens with one attached hydrogen (secondary N) is 1. The third-order valence-corrected chi connectivity index (χ3v) is 8.42. The molecule has 29 heavy (non-hydrogen) atoms. The summed E-state index contributed by atoms with van der Waals surface area (Å²) in [5.74, 6) is -0.635.